The van der Waals surface area contributed by atoms with Gasteiger partial charge in [0, 0.05) is 6.42 Å². The van der Waals surface area contributed by atoms with E-state index >= 15 is 0 Å². The molecule has 1 amide bonds. The van der Waals surface area contributed by atoms with Crippen LogP contribution in [0.2, 0.25) is 0 Å². The second-order valence-electron chi connectivity index (χ2n) is 9.17. The van der Waals surface area contributed by atoms with Crippen molar-refractivity contribution in [3.8, 4) is 0 Å². The molecule has 0 saturated carbocycles. The van der Waals surface area contributed by atoms with Crippen LogP contribution in [0.4, 0.5) is 0 Å². The number of hydrogen-bond acceptors (Lipinski definition) is 2. The second kappa shape index (κ2) is 24.7. The monoisotopic (exact) mass is 424 g/mol. The van der Waals surface area contributed by atoms with Crippen LogP contribution in [-0.2, 0) is 4.79 Å². The van der Waals surface area contributed by atoms with Crippen LogP contribution in [-0.4, -0.2) is 17.6 Å². The summed E-state index contributed by atoms with van der Waals surface area (Å²) < 4.78 is 0. The summed E-state index contributed by atoms with van der Waals surface area (Å²) in [7, 11) is 0. The lowest BCUT2D eigenvalue weighted by molar-refractivity contribution is -0.121. The van der Waals surface area contributed by atoms with Gasteiger partial charge in [-0.1, -0.05) is 136 Å². The third-order valence-electron chi connectivity index (χ3n) is 6.07. The van der Waals surface area contributed by atoms with Gasteiger partial charge in [-0.05, 0) is 12.8 Å². The largest absolute Gasteiger partial charge is 0.394 e. The molecule has 1 radical (unpaired) electrons. The Balaban J connectivity index is 3.18. The van der Waals surface area contributed by atoms with Crippen LogP contribution in [0.1, 0.15) is 155 Å². The van der Waals surface area contributed by atoms with Crippen molar-refractivity contribution >= 4 is 5.91 Å². The van der Waals surface area contributed by atoms with E-state index in [0.29, 0.717) is 6.42 Å². The highest BCUT2D eigenvalue weighted by molar-refractivity contribution is 5.77. The average molecular weight is 425 g/mol. The molecule has 0 aromatic carbocycles. The molecule has 0 unspecified atom stereocenters. The summed E-state index contributed by atoms with van der Waals surface area (Å²) in [5.74, 6) is 0.0690. The lowest BCUT2D eigenvalue weighted by atomic mass is 10.0. The van der Waals surface area contributed by atoms with Crippen molar-refractivity contribution in [2.45, 2.75) is 155 Å². The highest BCUT2D eigenvalue weighted by Crippen LogP contribution is 2.15. The minimum atomic E-state index is -0.0290. The SMILES string of the molecule is CCCCCCCCCCCCCCCCCCCCCC(=O)N[C](CO)CCC. The molecule has 0 saturated heterocycles. The third kappa shape index (κ3) is 22.1. The fraction of sp³-hybridized carbons (Fsp3) is 0.926. The Morgan fingerprint density at radius 1 is 0.533 bits per heavy atom. The van der Waals surface area contributed by atoms with Crippen LogP contribution in [0, 0.1) is 6.04 Å². The summed E-state index contributed by atoms with van der Waals surface area (Å²) in [6, 6.07) is 0.764. The highest BCUT2D eigenvalue weighted by atomic mass is 16.3. The Labute approximate surface area is 189 Å². The molecule has 0 bridgehead atoms. The van der Waals surface area contributed by atoms with Crippen molar-refractivity contribution < 1.29 is 9.90 Å². The van der Waals surface area contributed by atoms with Gasteiger partial charge in [0.05, 0.1) is 12.6 Å². The quantitative estimate of drug-likeness (QED) is 0.153. The van der Waals surface area contributed by atoms with E-state index in [9.17, 15) is 9.90 Å². The molecule has 179 valence electrons. The number of aliphatic hydroxyl groups excluding tert-OH is 1. The topological polar surface area (TPSA) is 49.3 Å². The molecular formula is C27H54NO2. The molecule has 30 heavy (non-hydrogen) atoms. The van der Waals surface area contributed by atoms with Gasteiger partial charge in [0.1, 0.15) is 0 Å². The molecule has 3 heteroatoms. The van der Waals surface area contributed by atoms with Crippen LogP contribution < -0.4 is 5.32 Å². The number of aliphatic hydroxyl groups is 1. The van der Waals surface area contributed by atoms with Gasteiger partial charge in [0.2, 0.25) is 5.91 Å². The Hall–Kier alpha value is -0.570. The molecule has 0 fully saturated rings. The first-order chi connectivity index (χ1) is 14.7. The summed E-state index contributed by atoms with van der Waals surface area (Å²) in [4.78, 5) is 11.8. The number of carbonyl (C=O) groups excluding carboxylic acids is 1. The number of hydrogen-bond donors (Lipinski definition) is 2. The van der Waals surface area contributed by atoms with Gasteiger partial charge in [0.15, 0.2) is 0 Å². The van der Waals surface area contributed by atoms with Gasteiger partial charge in [-0.25, -0.2) is 0 Å². The maximum absolute atomic E-state index is 11.8. The first kappa shape index (κ1) is 29.4. The van der Waals surface area contributed by atoms with Crippen LogP contribution >= 0.6 is 0 Å². The fourth-order valence-corrected chi connectivity index (χ4v) is 4.11. The van der Waals surface area contributed by atoms with E-state index < -0.39 is 0 Å². The molecule has 0 atom stereocenters. The van der Waals surface area contributed by atoms with E-state index in [1.165, 1.54) is 109 Å². The van der Waals surface area contributed by atoms with E-state index in [2.05, 4.69) is 19.2 Å². The zero-order valence-electron chi connectivity index (χ0n) is 20.6. The zero-order chi connectivity index (χ0) is 22.1. The molecule has 0 aliphatic heterocycles. The van der Waals surface area contributed by atoms with Gasteiger partial charge in [-0.2, -0.15) is 0 Å². The zero-order valence-corrected chi connectivity index (χ0v) is 20.6. The number of unbranched alkanes of at least 4 members (excludes halogenated alkanes) is 18. The van der Waals surface area contributed by atoms with Gasteiger partial charge in [-0.3, -0.25) is 4.79 Å². The molecule has 0 heterocycles. The van der Waals surface area contributed by atoms with Gasteiger partial charge < -0.3 is 10.4 Å². The molecule has 0 aromatic heterocycles. The minimum Gasteiger partial charge on any atom is -0.394 e. The van der Waals surface area contributed by atoms with Crippen molar-refractivity contribution in [3.63, 3.8) is 0 Å². The lowest BCUT2D eigenvalue weighted by Gasteiger charge is -2.13. The summed E-state index contributed by atoms with van der Waals surface area (Å²) in [5.41, 5.74) is 0. The van der Waals surface area contributed by atoms with Gasteiger partial charge in [0.25, 0.3) is 0 Å². The van der Waals surface area contributed by atoms with E-state index in [0.717, 1.165) is 31.7 Å². The molecule has 2 N–H and O–H groups in total. The number of amides is 1. The minimum absolute atomic E-state index is 0.0290. The van der Waals surface area contributed by atoms with Crippen molar-refractivity contribution in [1.82, 2.24) is 5.32 Å². The molecule has 0 spiro atoms. The van der Waals surface area contributed by atoms with Crippen LogP contribution in [0.3, 0.4) is 0 Å². The smallest absolute Gasteiger partial charge is 0.220 e. The first-order valence-corrected chi connectivity index (χ1v) is 13.5. The summed E-state index contributed by atoms with van der Waals surface area (Å²) in [5, 5.41) is 12.0. The van der Waals surface area contributed by atoms with E-state index in [-0.39, 0.29) is 12.5 Å². The average Bonchev–Trinajstić information content (AvgIpc) is 2.75. The fourth-order valence-electron chi connectivity index (χ4n) is 4.11. The van der Waals surface area contributed by atoms with Crippen molar-refractivity contribution in [1.29, 1.82) is 0 Å². The molecule has 0 aromatic rings. The van der Waals surface area contributed by atoms with E-state index in [1.54, 1.807) is 0 Å². The summed E-state index contributed by atoms with van der Waals surface area (Å²) >= 11 is 0. The van der Waals surface area contributed by atoms with Crippen LogP contribution in [0.25, 0.3) is 0 Å². The summed E-state index contributed by atoms with van der Waals surface area (Å²) in [6.07, 6.45) is 28.3. The maximum Gasteiger partial charge on any atom is 0.220 e. The second-order valence-corrected chi connectivity index (χ2v) is 9.17. The Morgan fingerprint density at radius 3 is 1.23 bits per heavy atom. The van der Waals surface area contributed by atoms with Crippen molar-refractivity contribution in [3.05, 3.63) is 6.04 Å². The lowest BCUT2D eigenvalue weighted by Crippen LogP contribution is -2.30. The van der Waals surface area contributed by atoms with Gasteiger partial charge >= 0.3 is 0 Å². The number of rotatable bonds is 24. The molecule has 0 aliphatic carbocycles. The molecule has 0 rings (SSSR count). The Morgan fingerprint density at radius 2 is 0.900 bits per heavy atom. The predicted octanol–water partition coefficient (Wildman–Crippen LogP) is 8.25. The highest BCUT2D eigenvalue weighted by Gasteiger charge is 2.10. The Kier molecular flexibility index (Phi) is 24.2. The van der Waals surface area contributed by atoms with Crippen LogP contribution in [0.15, 0.2) is 0 Å². The maximum atomic E-state index is 11.8. The Bertz CT molecular complexity index is 346. The van der Waals surface area contributed by atoms with Crippen molar-refractivity contribution in [2.75, 3.05) is 6.61 Å². The molecule has 3 nitrogen and oxygen atoms in total. The van der Waals surface area contributed by atoms with Crippen molar-refractivity contribution in [2.24, 2.45) is 0 Å². The number of nitrogens with one attached hydrogen (secondary N) is 1. The van der Waals surface area contributed by atoms with Crippen LogP contribution in [0.5, 0.6) is 0 Å². The van der Waals surface area contributed by atoms with E-state index in [1.807, 2.05) is 0 Å². The normalized spacial score (nSPS) is 11.3. The first-order valence-electron chi connectivity index (χ1n) is 13.5. The van der Waals surface area contributed by atoms with Gasteiger partial charge in [-0.15, -0.1) is 0 Å². The van der Waals surface area contributed by atoms with E-state index in [4.69, 9.17) is 0 Å². The predicted molar refractivity (Wildman–Crippen MR) is 131 cm³/mol. The molecule has 0 aliphatic rings. The standard InChI is InChI=1S/C27H54NO2/c1-3-5-6-7-8-9-10-11-12-13-14-15-16-17-18-19-20-21-22-24-27(30)28-26(25-29)23-4-2/h29H,3-25H2,1-2H3,(H,28,30). The third-order valence-corrected chi connectivity index (χ3v) is 6.07. The number of carbonyl (C=O) groups is 1. The summed E-state index contributed by atoms with van der Waals surface area (Å²) in [6.45, 7) is 4.31. The molecular weight excluding hydrogens is 370 g/mol.